The minimum absolute atomic E-state index is 0.564. The van der Waals surface area contributed by atoms with Crippen LogP contribution in [-0.4, -0.2) is 8.76 Å². The predicted octanol–water partition coefficient (Wildman–Crippen LogP) is 3.39. The van der Waals surface area contributed by atoms with Crippen LogP contribution in [0, 0.1) is 0 Å². The van der Waals surface area contributed by atoms with E-state index in [0.717, 1.165) is 18.4 Å². The van der Waals surface area contributed by atoms with Gasteiger partial charge in [-0.25, -0.2) is 4.21 Å². The van der Waals surface area contributed by atoms with E-state index in [9.17, 15) is 4.21 Å². The molecule has 0 aromatic heterocycles. The Hall–Kier alpha value is -0.670. The molecule has 0 bridgehead atoms. The van der Waals surface area contributed by atoms with Crippen molar-refractivity contribution in [3.63, 3.8) is 0 Å². The van der Waals surface area contributed by atoms with E-state index in [4.69, 9.17) is 4.55 Å². The van der Waals surface area contributed by atoms with Crippen molar-refractivity contribution in [3.8, 4) is 0 Å². The minimum atomic E-state index is -1.85. The molecule has 0 aliphatic carbocycles. The summed E-state index contributed by atoms with van der Waals surface area (Å²) < 4.78 is 20.1. The third-order valence-corrected chi connectivity index (χ3v) is 3.23. The molecule has 0 saturated heterocycles. The molecule has 0 saturated carbocycles. The molecule has 1 rings (SSSR count). The molecule has 0 radical (unpaired) electrons. The lowest BCUT2D eigenvalue weighted by molar-refractivity contribution is 0.562. The highest BCUT2D eigenvalue weighted by Crippen LogP contribution is 2.15. The largest absolute Gasteiger partial charge is 0.302 e. The smallest absolute Gasteiger partial charge is 0.186 e. The van der Waals surface area contributed by atoms with Gasteiger partial charge in [0.2, 0.25) is 0 Å². The van der Waals surface area contributed by atoms with Crippen molar-refractivity contribution in [2.24, 2.45) is 0 Å². The molecule has 1 atom stereocenters. The quantitative estimate of drug-likeness (QED) is 0.596. The molecule has 0 fully saturated rings. The Morgan fingerprint density at radius 1 is 1.20 bits per heavy atom. The van der Waals surface area contributed by atoms with Crippen LogP contribution in [0.4, 0.5) is 0 Å². The highest BCUT2D eigenvalue weighted by atomic mass is 32.2. The van der Waals surface area contributed by atoms with E-state index in [1.54, 1.807) is 12.1 Å². The second kappa shape index (κ2) is 6.75. The Labute approximate surface area is 94.0 Å². The average molecular weight is 226 g/mol. The van der Waals surface area contributed by atoms with E-state index in [0.29, 0.717) is 4.90 Å². The van der Waals surface area contributed by atoms with E-state index < -0.39 is 11.1 Å². The number of unbranched alkanes of at least 4 members (excludes halogenated alkanes) is 3. The van der Waals surface area contributed by atoms with Gasteiger partial charge in [-0.3, -0.25) is 0 Å². The first kappa shape index (κ1) is 12.4. The summed E-state index contributed by atoms with van der Waals surface area (Å²) in [5.41, 5.74) is 1.01. The van der Waals surface area contributed by atoms with Crippen LogP contribution in [0.5, 0.6) is 0 Å². The predicted molar refractivity (Wildman–Crippen MR) is 63.3 cm³/mol. The molecular formula is C12H18O2S. The first-order valence-electron chi connectivity index (χ1n) is 5.44. The Bertz CT molecular complexity index is 323. The van der Waals surface area contributed by atoms with Gasteiger partial charge in [0.25, 0.3) is 0 Å². The van der Waals surface area contributed by atoms with E-state index in [1.807, 2.05) is 12.1 Å². The van der Waals surface area contributed by atoms with Gasteiger partial charge in [0.1, 0.15) is 0 Å². The van der Waals surface area contributed by atoms with Crippen LogP contribution in [-0.2, 0) is 17.5 Å². The van der Waals surface area contributed by atoms with Crippen molar-refractivity contribution >= 4 is 11.1 Å². The lowest BCUT2D eigenvalue weighted by atomic mass is 10.1. The maximum absolute atomic E-state index is 11.0. The third-order valence-electron chi connectivity index (χ3n) is 2.46. The Balaban J connectivity index is 2.56. The summed E-state index contributed by atoms with van der Waals surface area (Å²) in [4.78, 5) is 0.564. The van der Waals surface area contributed by atoms with Gasteiger partial charge >= 0.3 is 0 Å². The maximum atomic E-state index is 11.0. The van der Waals surface area contributed by atoms with E-state index in [2.05, 4.69) is 6.92 Å². The van der Waals surface area contributed by atoms with Crippen molar-refractivity contribution in [1.29, 1.82) is 0 Å². The summed E-state index contributed by atoms with van der Waals surface area (Å²) in [5, 5.41) is 0. The molecular weight excluding hydrogens is 208 g/mol. The summed E-state index contributed by atoms with van der Waals surface area (Å²) in [6.07, 6.45) is 5.66. The summed E-state index contributed by atoms with van der Waals surface area (Å²) in [5.74, 6) is 0. The van der Waals surface area contributed by atoms with Crippen molar-refractivity contribution in [1.82, 2.24) is 0 Å². The minimum Gasteiger partial charge on any atom is -0.302 e. The van der Waals surface area contributed by atoms with E-state index >= 15 is 0 Å². The molecule has 0 amide bonds. The molecule has 0 spiro atoms. The standard InChI is InChI=1S/C12H18O2S/c1-2-3-4-5-8-11-9-6-7-10-12(11)15(13)14/h6-7,9-10H,2-5,8H2,1H3,(H,13,14). The second-order valence-electron chi connectivity index (χ2n) is 3.67. The van der Waals surface area contributed by atoms with E-state index in [1.165, 1.54) is 19.3 Å². The fourth-order valence-electron chi connectivity index (χ4n) is 1.62. The molecule has 1 aromatic rings. The molecule has 0 heterocycles. The van der Waals surface area contributed by atoms with Gasteiger partial charge in [0, 0.05) is 0 Å². The molecule has 1 aromatic carbocycles. The first-order chi connectivity index (χ1) is 7.25. The zero-order valence-electron chi connectivity index (χ0n) is 9.11. The topological polar surface area (TPSA) is 37.3 Å². The monoisotopic (exact) mass is 226 g/mol. The lowest BCUT2D eigenvalue weighted by Gasteiger charge is -2.05. The van der Waals surface area contributed by atoms with Crippen molar-refractivity contribution in [2.45, 2.75) is 43.9 Å². The highest BCUT2D eigenvalue weighted by Gasteiger charge is 2.05. The zero-order chi connectivity index (χ0) is 11.1. The number of aryl methyl sites for hydroxylation is 1. The fraction of sp³-hybridized carbons (Fsp3) is 0.500. The van der Waals surface area contributed by atoms with E-state index in [-0.39, 0.29) is 0 Å². The highest BCUT2D eigenvalue weighted by molar-refractivity contribution is 7.79. The van der Waals surface area contributed by atoms with Crippen LogP contribution in [0.2, 0.25) is 0 Å². The fourth-order valence-corrected chi connectivity index (χ4v) is 2.21. The molecule has 0 aliphatic rings. The van der Waals surface area contributed by atoms with Crippen LogP contribution < -0.4 is 0 Å². The lowest BCUT2D eigenvalue weighted by Crippen LogP contribution is -1.96. The third kappa shape index (κ3) is 4.14. The average Bonchev–Trinajstić information content (AvgIpc) is 2.25. The van der Waals surface area contributed by atoms with Gasteiger partial charge in [0.15, 0.2) is 11.1 Å². The Morgan fingerprint density at radius 3 is 2.60 bits per heavy atom. The number of benzene rings is 1. The van der Waals surface area contributed by atoms with Gasteiger partial charge in [-0.1, -0.05) is 44.4 Å². The second-order valence-corrected chi connectivity index (χ2v) is 4.61. The van der Waals surface area contributed by atoms with Gasteiger partial charge < -0.3 is 4.55 Å². The van der Waals surface area contributed by atoms with Crippen molar-refractivity contribution in [2.75, 3.05) is 0 Å². The zero-order valence-corrected chi connectivity index (χ0v) is 9.93. The summed E-state index contributed by atoms with van der Waals surface area (Å²) in [7, 11) is 0. The molecule has 3 heteroatoms. The molecule has 1 unspecified atom stereocenters. The van der Waals surface area contributed by atoms with Gasteiger partial charge in [-0.2, -0.15) is 0 Å². The molecule has 84 valence electrons. The van der Waals surface area contributed by atoms with Gasteiger partial charge in [-0.05, 0) is 24.5 Å². The van der Waals surface area contributed by atoms with Crippen molar-refractivity contribution in [3.05, 3.63) is 29.8 Å². The van der Waals surface area contributed by atoms with Crippen LogP contribution in [0.1, 0.15) is 38.2 Å². The van der Waals surface area contributed by atoms with Gasteiger partial charge in [-0.15, -0.1) is 0 Å². The molecule has 2 nitrogen and oxygen atoms in total. The Morgan fingerprint density at radius 2 is 1.93 bits per heavy atom. The maximum Gasteiger partial charge on any atom is 0.186 e. The SMILES string of the molecule is CCCCCCc1ccccc1S(=O)O. The molecule has 15 heavy (non-hydrogen) atoms. The van der Waals surface area contributed by atoms with Crippen LogP contribution in [0.25, 0.3) is 0 Å². The molecule has 1 N–H and O–H groups in total. The van der Waals surface area contributed by atoms with Crippen molar-refractivity contribution < 1.29 is 8.76 Å². The molecule has 0 aliphatic heterocycles. The normalized spacial score (nSPS) is 12.7. The summed E-state index contributed by atoms with van der Waals surface area (Å²) >= 11 is -1.85. The van der Waals surface area contributed by atoms with Crippen LogP contribution >= 0.6 is 0 Å². The first-order valence-corrected chi connectivity index (χ1v) is 6.55. The number of rotatable bonds is 6. The summed E-state index contributed by atoms with van der Waals surface area (Å²) in [6, 6.07) is 7.39. The Kier molecular flexibility index (Phi) is 5.58. The van der Waals surface area contributed by atoms with Crippen LogP contribution in [0.15, 0.2) is 29.2 Å². The summed E-state index contributed by atoms with van der Waals surface area (Å²) in [6.45, 7) is 2.18. The number of hydrogen-bond donors (Lipinski definition) is 1. The van der Waals surface area contributed by atoms with Gasteiger partial charge in [0.05, 0.1) is 4.90 Å². The number of hydrogen-bond acceptors (Lipinski definition) is 1. The van der Waals surface area contributed by atoms with Crippen LogP contribution in [0.3, 0.4) is 0 Å².